The maximum absolute atomic E-state index is 12.5. The Morgan fingerprint density at radius 2 is 1.90 bits per heavy atom. The number of nitrogens with zero attached hydrogens (tertiary/aromatic N) is 3. The molecule has 3 aromatic rings. The van der Waals surface area contributed by atoms with E-state index in [0.717, 1.165) is 28.2 Å². The lowest BCUT2D eigenvalue weighted by molar-refractivity contribution is -0.132. The van der Waals surface area contributed by atoms with Crippen LogP contribution in [0, 0.1) is 6.92 Å². The highest BCUT2D eigenvalue weighted by atomic mass is 16.5. The monoisotopic (exact) mass is 409 g/mol. The van der Waals surface area contributed by atoms with E-state index >= 15 is 0 Å². The van der Waals surface area contributed by atoms with Gasteiger partial charge in [0.05, 0.1) is 13.7 Å². The number of aromatic nitrogens is 2. The second-order valence-corrected chi connectivity index (χ2v) is 7.47. The van der Waals surface area contributed by atoms with Crippen LogP contribution >= 0.6 is 0 Å². The number of carbonyl (C=O) groups is 1. The van der Waals surface area contributed by atoms with E-state index in [1.54, 1.807) is 14.2 Å². The Kier molecular flexibility index (Phi) is 6.72. The summed E-state index contributed by atoms with van der Waals surface area (Å²) >= 11 is 0. The SMILES string of the molecule is COc1ccc(-c2noc(CN(C)C(=O)COc3cc(C)ccc3C(C)C)n2)cc1. The Morgan fingerprint density at radius 3 is 2.57 bits per heavy atom. The molecule has 7 heteroatoms. The zero-order valence-corrected chi connectivity index (χ0v) is 18.0. The summed E-state index contributed by atoms with van der Waals surface area (Å²) in [6, 6.07) is 13.4. The number of hydrogen-bond acceptors (Lipinski definition) is 6. The van der Waals surface area contributed by atoms with E-state index in [1.807, 2.05) is 49.4 Å². The molecule has 7 nitrogen and oxygen atoms in total. The third-order valence-electron chi connectivity index (χ3n) is 4.76. The first-order valence-corrected chi connectivity index (χ1v) is 9.81. The van der Waals surface area contributed by atoms with Gasteiger partial charge in [-0.05, 0) is 54.3 Å². The number of rotatable bonds is 8. The van der Waals surface area contributed by atoms with Crippen LogP contribution < -0.4 is 9.47 Å². The second-order valence-electron chi connectivity index (χ2n) is 7.47. The third-order valence-corrected chi connectivity index (χ3v) is 4.76. The predicted octanol–water partition coefficient (Wildman–Crippen LogP) is 4.21. The summed E-state index contributed by atoms with van der Waals surface area (Å²) in [6.45, 7) is 6.35. The molecule has 3 rings (SSSR count). The molecule has 0 aliphatic rings. The Hall–Kier alpha value is -3.35. The highest BCUT2D eigenvalue weighted by Crippen LogP contribution is 2.27. The third kappa shape index (κ3) is 5.17. The van der Waals surface area contributed by atoms with E-state index in [0.29, 0.717) is 17.6 Å². The van der Waals surface area contributed by atoms with E-state index in [2.05, 4.69) is 24.0 Å². The molecule has 0 N–H and O–H groups in total. The van der Waals surface area contributed by atoms with Crippen LogP contribution in [-0.4, -0.2) is 41.7 Å². The van der Waals surface area contributed by atoms with Gasteiger partial charge < -0.3 is 18.9 Å². The second kappa shape index (κ2) is 9.43. The number of likely N-dealkylation sites (N-methyl/N-ethyl adjacent to an activating group) is 1. The van der Waals surface area contributed by atoms with E-state index in [1.165, 1.54) is 4.90 Å². The minimum Gasteiger partial charge on any atom is -0.497 e. The van der Waals surface area contributed by atoms with Crippen molar-refractivity contribution >= 4 is 5.91 Å². The molecular weight excluding hydrogens is 382 g/mol. The summed E-state index contributed by atoms with van der Waals surface area (Å²) in [5.74, 6) is 2.45. The number of carbonyl (C=O) groups excluding carboxylic acids is 1. The first-order valence-electron chi connectivity index (χ1n) is 9.81. The summed E-state index contributed by atoms with van der Waals surface area (Å²) in [5.41, 5.74) is 2.98. The molecule has 0 saturated carbocycles. The van der Waals surface area contributed by atoms with E-state index in [4.69, 9.17) is 14.0 Å². The summed E-state index contributed by atoms with van der Waals surface area (Å²) in [7, 11) is 3.29. The maximum atomic E-state index is 12.5. The van der Waals surface area contributed by atoms with Gasteiger partial charge in [0.1, 0.15) is 11.5 Å². The zero-order chi connectivity index (χ0) is 21.7. The fraction of sp³-hybridized carbons (Fsp3) is 0.348. The lowest BCUT2D eigenvalue weighted by Crippen LogP contribution is -2.31. The molecule has 0 fully saturated rings. The van der Waals surface area contributed by atoms with Crippen LogP contribution in [0.5, 0.6) is 11.5 Å². The Bertz CT molecular complexity index is 996. The molecule has 0 aliphatic heterocycles. The van der Waals surface area contributed by atoms with Crippen molar-refractivity contribution in [1.82, 2.24) is 15.0 Å². The average molecular weight is 409 g/mol. The topological polar surface area (TPSA) is 77.7 Å². The van der Waals surface area contributed by atoms with E-state index < -0.39 is 0 Å². The minimum atomic E-state index is -0.171. The molecule has 30 heavy (non-hydrogen) atoms. The largest absolute Gasteiger partial charge is 0.497 e. The van der Waals surface area contributed by atoms with Crippen LogP contribution in [0.3, 0.4) is 0 Å². The highest BCUT2D eigenvalue weighted by molar-refractivity contribution is 5.77. The van der Waals surface area contributed by atoms with Crippen LogP contribution in [0.15, 0.2) is 47.0 Å². The lowest BCUT2D eigenvalue weighted by Gasteiger charge is -2.18. The Balaban J connectivity index is 1.60. The smallest absolute Gasteiger partial charge is 0.260 e. The van der Waals surface area contributed by atoms with Gasteiger partial charge >= 0.3 is 0 Å². The van der Waals surface area contributed by atoms with Gasteiger partial charge in [0, 0.05) is 12.6 Å². The molecule has 2 aromatic carbocycles. The predicted molar refractivity (Wildman–Crippen MR) is 114 cm³/mol. The van der Waals surface area contributed by atoms with Crippen LogP contribution in [0.1, 0.15) is 36.8 Å². The van der Waals surface area contributed by atoms with Gasteiger partial charge in [-0.2, -0.15) is 4.98 Å². The molecule has 1 amide bonds. The van der Waals surface area contributed by atoms with E-state index in [-0.39, 0.29) is 19.1 Å². The molecule has 158 valence electrons. The Labute approximate surface area is 176 Å². The van der Waals surface area contributed by atoms with Gasteiger partial charge in [-0.25, -0.2) is 0 Å². The van der Waals surface area contributed by atoms with Crippen LogP contribution in [0.2, 0.25) is 0 Å². The van der Waals surface area contributed by atoms with Crippen molar-refractivity contribution in [1.29, 1.82) is 0 Å². The molecule has 1 aromatic heterocycles. The van der Waals surface area contributed by atoms with Gasteiger partial charge in [0.2, 0.25) is 11.7 Å². The molecule has 0 unspecified atom stereocenters. The van der Waals surface area contributed by atoms with Crippen LogP contribution in [-0.2, 0) is 11.3 Å². The van der Waals surface area contributed by atoms with Crippen molar-refractivity contribution in [2.75, 3.05) is 20.8 Å². The summed E-state index contributed by atoms with van der Waals surface area (Å²) in [6.07, 6.45) is 0. The number of ether oxygens (including phenoxy) is 2. The quantitative estimate of drug-likeness (QED) is 0.554. The number of hydrogen-bond donors (Lipinski definition) is 0. The molecule has 0 radical (unpaired) electrons. The van der Waals surface area contributed by atoms with Gasteiger partial charge in [0.25, 0.3) is 5.91 Å². The van der Waals surface area contributed by atoms with E-state index in [9.17, 15) is 4.79 Å². The molecule has 0 aliphatic carbocycles. The molecular formula is C23H27N3O4. The number of amides is 1. The van der Waals surface area contributed by atoms with Gasteiger partial charge in [-0.1, -0.05) is 31.1 Å². The van der Waals surface area contributed by atoms with Crippen molar-refractivity contribution in [3.8, 4) is 22.9 Å². The lowest BCUT2D eigenvalue weighted by atomic mass is 10.0. The van der Waals surface area contributed by atoms with Crippen molar-refractivity contribution < 1.29 is 18.8 Å². The standard InChI is InChI=1S/C23H27N3O4/c1-15(2)19-11-6-16(3)12-20(19)29-14-22(27)26(4)13-21-24-23(25-30-21)17-7-9-18(28-5)10-8-17/h6-12,15H,13-14H2,1-5H3. The van der Waals surface area contributed by atoms with Gasteiger partial charge in [-0.3, -0.25) is 4.79 Å². The fourth-order valence-electron chi connectivity index (χ4n) is 2.96. The van der Waals surface area contributed by atoms with Crippen molar-refractivity contribution in [3.05, 3.63) is 59.5 Å². The highest BCUT2D eigenvalue weighted by Gasteiger charge is 2.17. The molecule has 0 saturated heterocycles. The van der Waals surface area contributed by atoms with Gasteiger partial charge in [0.15, 0.2) is 6.61 Å². The number of benzene rings is 2. The minimum absolute atomic E-state index is 0.0564. The van der Waals surface area contributed by atoms with Crippen LogP contribution in [0.25, 0.3) is 11.4 Å². The fourth-order valence-corrected chi connectivity index (χ4v) is 2.96. The summed E-state index contributed by atoms with van der Waals surface area (Å²) < 4.78 is 16.3. The zero-order valence-electron chi connectivity index (χ0n) is 18.0. The number of aryl methyl sites for hydroxylation is 1. The van der Waals surface area contributed by atoms with Gasteiger partial charge in [-0.15, -0.1) is 0 Å². The van der Waals surface area contributed by atoms with Crippen LogP contribution in [0.4, 0.5) is 0 Å². The molecule has 0 bridgehead atoms. The van der Waals surface area contributed by atoms with Crippen molar-refractivity contribution in [2.24, 2.45) is 0 Å². The van der Waals surface area contributed by atoms with Crippen molar-refractivity contribution in [3.63, 3.8) is 0 Å². The first kappa shape index (κ1) is 21.4. The first-order chi connectivity index (χ1) is 14.4. The van der Waals surface area contributed by atoms with Crippen molar-refractivity contribution in [2.45, 2.75) is 33.2 Å². The molecule has 0 spiro atoms. The molecule has 1 heterocycles. The summed E-state index contributed by atoms with van der Waals surface area (Å²) in [4.78, 5) is 18.4. The normalized spacial score (nSPS) is 10.9. The average Bonchev–Trinajstić information content (AvgIpc) is 3.20. The molecule has 0 atom stereocenters. The maximum Gasteiger partial charge on any atom is 0.260 e. The Morgan fingerprint density at radius 1 is 1.17 bits per heavy atom. The summed E-state index contributed by atoms with van der Waals surface area (Å²) in [5, 5.41) is 3.99. The number of methoxy groups -OCH3 is 1.